The fourth-order valence-corrected chi connectivity index (χ4v) is 5.77. The maximum Gasteiger partial charge on any atom is 0.252 e. The number of piperidine rings is 1. The van der Waals surface area contributed by atoms with Gasteiger partial charge >= 0.3 is 0 Å². The third-order valence-corrected chi connectivity index (χ3v) is 7.96. The van der Waals surface area contributed by atoms with Crippen molar-refractivity contribution in [3.63, 3.8) is 0 Å². The molecule has 0 unspecified atom stereocenters. The van der Waals surface area contributed by atoms with Crippen molar-refractivity contribution < 1.29 is 13.2 Å². The number of sulfonamides is 1. The van der Waals surface area contributed by atoms with Gasteiger partial charge in [0.15, 0.2) is 0 Å². The van der Waals surface area contributed by atoms with Crippen LogP contribution in [0.3, 0.4) is 0 Å². The maximum absolute atomic E-state index is 12.5. The average molecular weight is 429 g/mol. The normalized spacial score (nSPS) is 16.9. The van der Waals surface area contributed by atoms with Gasteiger partial charge in [0.1, 0.15) is 4.21 Å². The van der Waals surface area contributed by atoms with Gasteiger partial charge in [-0.2, -0.15) is 4.31 Å². The van der Waals surface area contributed by atoms with Gasteiger partial charge < -0.3 is 5.32 Å². The molecule has 24 heavy (non-hydrogen) atoms. The summed E-state index contributed by atoms with van der Waals surface area (Å²) in [5.74, 6) is -0.137. The molecule has 1 saturated heterocycles. The van der Waals surface area contributed by atoms with Gasteiger partial charge in [0.25, 0.3) is 15.9 Å². The monoisotopic (exact) mass is 428 g/mol. The molecule has 1 aliphatic rings. The Hall–Kier alpha value is -1.22. The highest BCUT2D eigenvalue weighted by molar-refractivity contribution is 9.10. The third kappa shape index (κ3) is 3.72. The standard InChI is InChI=1S/C16H17BrN2O3S2/c17-14-5-2-1-4-13(14)16(20)18-12-7-9-19(10-8-12)24(21,22)15-6-3-11-23-15/h1-6,11-12H,7-10H2,(H,18,20). The van der Waals surface area contributed by atoms with Crippen LogP contribution in [-0.2, 0) is 10.0 Å². The van der Waals surface area contributed by atoms with Gasteiger partial charge in [0.2, 0.25) is 0 Å². The van der Waals surface area contributed by atoms with E-state index in [-0.39, 0.29) is 11.9 Å². The van der Waals surface area contributed by atoms with E-state index in [1.165, 1.54) is 15.6 Å². The lowest BCUT2D eigenvalue weighted by atomic mass is 10.1. The summed E-state index contributed by atoms with van der Waals surface area (Å²) in [5, 5.41) is 4.76. The van der Waals surface area contributed by atoms with Crippen LogP contribution in [0.5, 0.6) is 0 Å². The Bertz CT molecular complexity index is 814. The van der Waals surface area contributed by atoms with E-state index in [0.717, 1.165) is 4.47 Å². The number of carbonyl (C=O) groups excluding carboxylic acids is 1. The number of hydrogen-bond donors (Lipinski definition) is 1. The molecule has 1 aromatic carbocycles. The van der Waals surface area contributed by atoms with Gasteiger partial charge in [-0.05, 0) is 52.4 Å². The van der Waals surface area contributed by atoms with E-state index in [1.807, 2.05) is 18.2 Å². The van der Waals surface area contributed by atoms with Crippen LogP contribution in [0.1, 0.15) is 23.2 Å². The van der Waals surface area contributed by atoms with Gasteiger partial charge in [-0.3, -0.25) is 4.79 Å². The van der Waals surface area contributed by atoms with Crippen molar-refractivity contribution in [3.8, 4) is 0 Å². The molecule has 2 aromatic rings. The van der Waals surface area contributed by atoms with Crippen LogP contribution in [0.15, 0.2) is 50.5 Å². The zero-order valence-electron chi connectivity index (χ0n) is 12.8. The second-order valence-electron chi connectivity index (χ2n) is 5.56. The van der Waals surface area contributed by atoms with E-state index in [9.17, 15) is 13.2 Å². The molecule has 0 atom stereocenters. The molecule has 5 nitrogen and oxygen atoms in total. The van der Waals surface area contributed by atoms with Crippen molar-refractivity contribution in [1.29, 1.82) is 0 Å². The fraction of sp³-hybridized carbons (Fsp3) is 0.312. The number of amides is 1. The minimum absolute atomic E-state index is 0.0145. The minimum Gasteiger partial charge on any atom is -0.349 e. The third-order valence-electron chi connectivity index (χ3n) is 4.00. The Morgan fingerprint density at radius 1 is 1.17 bits per heavy atom. The molecule has 3 rings (SSSR count). The zero-order chi connectivity index (χ0) is 17.2. The predicted molar refractivity (Wildman–Crippen MR) is 97.7 cm³/mol. The van der Waals surface area contributed by atoms with E-state index in [2.05, 4.69) is 21.2 Å². The second-order valence-corrected chi connectivity index (χ2v) is 9.53. The number of nitrogens with zero attached hydrogens (tertiary/aromatic N) is 1. The van der Waals surface area contributed by atoms with Crippen LogP contribution in [0.2, 0.25) is 0 Å². The second kappa shape index (κ2) is 7.35. The first-order valence-corrected chi connectivity index (χ1v) is 10.7. The maximum atomic E-state index is 12.5. The molecule has 2 heterocycles. The molecule has 0 saturated carbocycles. The van der Waals surface area contributed by atoms with E-state index in [4.69, 9.17) is 0 Å². The summed E-state index contributed by atoms with van der Waals surface area (Å²) >= 11 is 4.60. The molecule has 1 fully saturated rings. The van der Waals surface area contributed by atoms with Crippen molar-refractivity contribution in [3.05, 3.63) is 51.8 Å². The average Bonchev–Trinajstić information content (AvgIpc) is 3.11. The zero-order valence-corrected chi connectivity index (χ0v) is 16.0. The molecule has 8 heteroatoms. The van der Waals surface area contributed by atoms with Gasteiger partial charge in [-0.1, -0.05) is 18.2 Å². The summed E-state index contributed by atoms with van der Waals surface area (Å²) in [4.78, 5) is 12.3. The van der Waals surface area contributed by atoms with Crippen molar-refractivity contribution >= 4 is 43.2 Å². The molecule has 0 bridgehead atoms. The van der Waals surface area contributed by atoms with Gasteiger partial charge in [-0.15, -0.1) is 11.3 Å². The highest BCUT2D eigenvalue weighted by Crippen LogP contribution is 2.24. The number of carbonyl (C=O) groups is 1. The molecule has 1 aliphatic heterocycles. The number of hydrogen-bond acceptors (Lipinski definition) is 4. The highest BCUT2D eigenvalue weighted by atomic mass is 79.9. The van der Waals surface area contributed by atoms with Crippen LogP contribution in [-0.4, -0.2) is 37.8 Å². The van der Waals surface area contributed by atoms with Gasteiger partial charge in [0.05, 0.1) is 5.56 Å². The van der Waals surface area contributed by atoms with E-state index in [0.29, 0.717) is 35.7 Å². The van der Waals surface area contributed by atoms with Crippen molar-refractivity contribution in [2.75, 3.05) is 13.1 Å². The van der Waals surface area contributed by atoms with Crippen molar-refractivity contribution in [1.82, 2.24) is 9.62 Å². The Balaban J connectivity index is 1.60. The summed E-state index contributed by atoms with van der Waals surface area (Å²) in [7, 11) is -3.40. The molecule has 0 aliphatic carbocycles. The summed E-state index contributed by atoms with van der Waals surface area (Å²) in [6.45, 7) is 0.836. The molecule has 0 radical (unpaired) electrons. The first kappa shape index (κ1) is 17.6. The summed E-state index contributed by atoms with van der Waals surface area (Å²) < 4.78 is 27.6. The first-order valence-electron chi connectivity index (χ1n) is 7.57. The molecule has 1 N–H and O–H groups in total. The van der Waals surface area contributed by atoms with Crippen LogP contribution in [0.25, 0.3) is 0 Å². The SMILES string of the molecule is O=C(NC1CCN(S(=O)(=O)c2cccs2)CC1)c1ccccc1Br. The topological polar surface area (TPSA) is 66.5 Å². The summed E-state index contributed by atoms with van der Waals surface area (Å²) in [6, 6.07) is 10.6. The number of benzene rings is 1. The Labute approximate surface area is 153 Å². The van der Waals surface area contributed by atoms with Crippen LogP contribution >= 0.6 is 27.3 Å². The van der Waals surface area contributed by atoms with Crippen molar-refractivity contribution in [2.45, 2.75) is 23.1 Å². The van der Waals surface area contributed by atoms with Gasteiger partial charge in [-0.25, -0.2) is 8.42 Å². The van der Waals surface area contributed by atoms with Gasteiger partial charge in [0, 0.05) is 23.6 Å². The highest BCUT2D eigenvalue weighted by Gasteiger charge is 2.30. The number of rotatable bonds is 4. The lowest BCUT2D eigenvalue weighted by Gasteiger charge is -2.31. The first-order chi connectivity index (χ1) is 11.5. The Kier molecular flexibility index (Phi) is 5.39. The lowest BCUT2D eigenvalue weighted by Crippen LogP contribution is -2.46. The lowest BCUT2D eigenvalue weighted by molar-refractivity contribution is 0.0923. The predicted octanol–water partition coefficient (Wildman–Crippen LogP) is 3.09. The smallest absolute Gasteiger partial charge is 0.252 e. The van der Waals surface area contributed by atoms with E-state index in [1.54, 1.807) is 23.6 Å². The van der Waals surface area contributed by atoms with Crippen LogP contribution in [0.4, 0.5) is 0 Å². The fourth-order valence-electron chi connectivity index (χ4n) is 2.69. The number of nitrogens with one attached hydrogen (secondary N) is 1. The van der Waals surface area contributed by atoms with E-state index >= 15 is 0 Å². The number of thiophene rings is 1. The minimum atomic E-state index is -3.40. The van der Waals surface area contributed by atoms with Crippen LogP contribution in [0, 0.1) is 0 Å². The largest absolute Gasteiger partial charge is 0.349 e. The van der Waals surface area contributed by atoms with Crippen molar-refractivity contribution in [2.24, 2.45) is 0 Å². The molecular formula is C16H17BrN2O3S2. The van der Waals surface area contributed by atoms with Crippen LogP contribution < -0.4 is 5.32 Å². The quantitative estimate of drug-likeness (QED) is 0.813. The number of halogens is 1. The Morgan fingerprint density at radius 3 is 2.50 bits per heavy atom. The molecule has 128 valence electrons. The van der Waals surface area contributed by atoms with E-state index < -0.39 is 10.0 Å². The molecule has 0 spiro atoms. The molecule has 1 aromatic heterocycles. The summed E-state index contributed by atoms with van der Waals surface area (Å²) in [6.07, 6.45) is 1.22. The molecular weight excluding hydrogens is 412 g/mol. The molecule has 1 amide bonds. The summed E-state index contributed by atoms with van der Waals surface area (Å²) in [5.41, 5.74) is 0.589. The Morgan fingerprint density at radius 2 is 1.88 bits per heavy atom.